The number of hydrogen-bond acceptors (Lipinski definition) is 3. The van der Waals surface area contributed by atoms with Crippen molar-refractivity contribution in [1.82, 2.24) is 10.2 Å². The van der Waals surface area contributed by atoms with Gasteiger partial charge in [0.1, 0.15) is 11.8 Å². The fourth-order valence-corrected chi connectivity index (χ4v) is 4.19. The first-order chi connectivity index (χ1) is 17.3. The maximum atomic E-state index is 13.6. The molecule has 3 rings (SSSR count). The van der Waals surface area contributed by atoms with Crippen molar-refractivity contribution in [3.8, 4) is 5.75 Å². The summed E-state index contributed by atoms with van der Waals surface area (Å²) in [6.07, 6.45) is 1.12. The second kappa shape index (κ2) is 13.5. The van der Waals surface area contributed by atoms with E-state index < -0.39 is 6.04 Å². The highest BCUT2D eigenvalue weighted by atomic mass is 35.5. The van der Waals surface area contributed by atoms with E-state index in [4.69, 9.17) is 39.5 Å². The van der Waals surface area contributed by atoms with Crippen molar-refractivity contribution in [2.45, 2.75) is 45.3 Å². The molecule has 0 aliphatic heterocycles. The minimum atomic E-state index is -0.756. The Kier molecular flexibility index (Phi) is 10.5. The zero-order valence-corrected chi connectivity index (χ0v) is 22.5. The van der Waals surface area contributed by atoms with Crippen LogP contribution in [0.25, 0.3) is 0 Å². The molecule has 36 heavy (non-hydrogen) atoms. The van der Waals surface area contributed by atoms with E-state index in [0.29, 0.717) is 27.2 Å². The van der Waals surface area contributed by atoms with Crippen molar-refractivity contribution in [1.29, 1.82) is 0 Å². The van der Waals surface area contributed by atoms with Gasteiger partial charge >= 0.3 is 0 Å². The quantitative estimate of drug-likeness (QED) is 0.295. The lowest BCUT2D eigenvalue weighted by Crippen LogP contribution is -2.53. The number of hydrogen-bond donors (Lipinski definition) is 1. The van der Waals surface area contributed by atoms with Crippen LogP contribution in [0.15, 0.2) is 72.8 Å². The third-order valence-corrected chi connectivity index (χ3v) is 6.57. The van der Waals surface area contributed by atoms with Gasteiger partial charge in [-0.15, -0.1) is 0 Å². The van der Waals surface area contributed by atoms with Gasteiger partial charge in [-0.25, -0.2) is 0 Å². The molecule has 0 saturated carbocycles. The molecule has 0 spiro atoms. The maximum absolute atomic E-state index is 13.6. The fourth-order valence-electron chi connectivity index (χ4n) is 3.60. The highest BCUT2D eigenvalue weighted by Gasteiger charge is 2.31. The highest BCUT2D eigenvalue weighted by Crippen LogP contribution is 2.27. The van der Waals surface area contributed by atoms with Crippen LogP contribution in [-0.2, 0) is 22.6 Å². The molecule has 1 N–H and O–H groups in total. The van der Waals surface area contributed by atoms with E-state index in [2.05, 4.69) is 5.32 Å². The van der Waals surface area contributed by atoms with E-state index in [1.54, 1.807) is 35.2 Å². The first-order valence-electron chi connectivity index (χ1n) is 11.7. The number of rotatable bonds is 11. The molecule has 3 aromatic carbocycles. The first-order valence-corrected chi connectivity index (χ1v) is 12.9. The van der Waals surface area contributed by atoms with Crippen LogP contribution in [0.5, 0.6) is 5.75 Å². The zero-order chi connectivity index (χ0) is 26.1. The van der Waals surface area contributed by atoms with Crippen molar-refractivity contribution < 1.29 is 14.3 Å². The van der Waals surface area contributed by atoms with E-state index in [-0.39, 0.29) is 31.0 Å². The minimum absolute atomic E-state index is 0.0348. The smallest absolute Gasteiger partial charge is 0.261 e. The van der Waals surface area contributed by atoms with Crippen LogP contribution in [0.4, 0.5) is 0 Å². The van der Waals surface area contributed by atoms with E-state index >= 15 is 0 Å². The number of carbonyl (C=O) groups is 2. The maximum Gasteiger partial charge on any atom is 0.261 e. The molecule has 8 heteroatoms. The summed E-state index contributed by atoms with van der Waals surface area (Å²) in [6.45, 7) is 3.85. The zero-order valence-electron chi connectivity index (χ0n) is 20.2. The molecule has 0 aliphatic carbocycles. The number of nitrogens with one attached hydrogen (secondary N) is 1. The molecule has 0 aromatic heterocycles. The van der Waals surface area contributed by atoms with Gasteiger partial charge in [0.25, 0.3) is 5.91 Å². The molecular formula is C28H29Cl3N2O3. The van der Waals surface area contributed by atoms with Crippen LogP contribution < -0.4 is 10.1 Å². The Hall–Kier alpha value is -2.73. The van der Waals surface area contributed by atoms with Gasteiger partial charge < -0.3 is 15.0 Å². The van der Waals surface area contributed by atoms with Gasteiger partial charge in [-0.05, 0) is 54.8 Å². The van der Waals surface area contributed by atoms with Gasteiger partial charge in [-0.1, -0.05) is 84.2 Å². The van der Waals surface area contributed by atoms with E-state index in [1.807, 2.05) is 56.3 Å². The molecule has 190 valence electrons. The van der Waals surface area contributed by atoms with Gasteiger partial charge in [0.15, 0.2) is 6.61 Å². The monoisotopic (exact) mass is 546 g/mol. The summed E-state index contributed by atoms with van der Waals surface area (Å²) in [5, 5.41) is 4.40. The average Bonchev–Trinajstić information content (AvgIpc) is 2.87. The second-order valence-corrected chi connectivity index (χ2v) is 9.82. The molecule has 0 fully saturated rings. The lowest BCUT2D eigenvalue weighted by molar-refractivity contribution is -0.143. The Bertz CT molecular complexity index is 1160. The fraction of sp³-hybridized carbons (Fsp3) is 0.286. The SMILES string of the molecule is CC[C@H](C)NC(=O)[C@@H](Cc1ccccc1)N(Cc1ccc(Cl)cc1)C(=O)COc1ccc(Cl)cc1Cl. The number of amides is 2. The average molecular weight is 548 g/mol. The van der Waals surface area contributed by atoms with Crippen LogP contribution in [0, 0.1) is 0 Å². The number of carbonyl (C=O) groups excluding carboxylic acids is 2. The highest BCUT2D eigenvalue weighted by molar-refractivity contribution is 6.35. The van der Waals surface area contributed by atoms with Crippen LogP contribution in [-0.4, -0.2) is 35.4 Å². The van der Waals surface area contributed by atoms with Crippen LogP contribution in [0.1, 0.15) is 31.4 Å². The summed E-state index contributed by atoms with van der Waals surface area (Å²) in [5.74, 6) is -0.235. The van der Waals surface area contributed by atoms with Crippen LogP contribution >= 0.6 is 34.8 Å². The largest absolute Gasteiger partial charge is 0.482 e. The number of nitrogens with zero attached hydrogens (tertiary/aromatic N) is 1. The topological polar surface area (TPSA) is 58.6 Å². The van der Waals surface area contributed by atoms with Gasteiger partial charge in [0.05, 0.1) is 5.02 Å². The molecule has 0 radical (unpaired) electrons. The molecule has 0 bridgehead atoms. The van der Waals surface area contributed by atoms with E-state index in [0.717, 1.165) is 17.5 Å². The molecule has 2 atom stereocenters. The summed E-state index contributed by atoms with van der Waals surface area (Å²) in [5.41, 5.74) is 1.78. The van der Waals surface area contributed by atoms with Crippen molar-refractivity contribution >= 4 is 46.6 Å². The van der Waals surface area contributed by atoms with Crippen LogP contribution in [0.3, 0.4) is 0 Å². The second-order valence-electron chi connectivity index (χ2n) is 8.53. The molecule has 0 heterocycles. The van der Waals surface area contributed by atoms with Gasteiger partial charge in [-0.3, -0.25) is 9.59 Å². The molecule has 0 saturated heterocycles. The molecular weight excluding hydrogens is 519 g/mol. The molecule has 5 nitrogen and oxygen atoms in total. The summed E-state index contributed by atoms with van der Waals surface area (Å²) in [6, 6.07) is 20.8. The van der Waals surface area contributed by atoms with Crippen LogP contribution in [0.2, 0.25) is 15.1 Å². The third kappa shape index (κ3) is 8.16. The van der Waals surface area contributed by atoms with Gasteiger partial charge in [-0.2, -0.15) is 0 Å². The summed E-state index contributed by atoms with van der Waals surface area (Å²) in [4.78, 5) is 28.6. The molecule has 3 aromatic rings. The molecule has 0 unspecified atom stereocenters. The number of ether oxygens (including phenoxy) is 1. The Morgan fingerprint density at radius 2 is 1.58 bits per heavy atom. The Morgan fingerprint density at radius 1 is 0.917 bits per heavy atom. The lowest BCUT2D eigenvalue weighted by Gasteiger charge is -2.32. The predicted molar refractivity (Wildman–Crippen MR) is 146 cm³/mol. The summed E-state index contributed by atoms with van der Waals surface area (Å²) < 4.78 is 5.74. The van der Waals surface area contributed by atoms with Crippen molar-refractivity contribution in [2.75, 3.05) is 6.61 Å². The molecule has 2 amide bonds. The Morgan fingerprint density at radius 3 is 2.22 bits per heavy atom. The van der Waals surface area contributed by atoms with Crippen molar-refractivity contribution in [3.05, 3.63) is 99.0 Å². The van der Waals surface area contributed by atoms with Crippen molar-refractivity contribution in [2.24, 2.45) is 0 Å². The predicted octanol–water partition coefficient (Wildman–Crippen LogP) is 6.58. The number of benzene rings is 3. The third-order valence-electron chi connectivity index (χ3n) is 5.78. The summed E-state index contributed by atoms with van der Waals surface area (Å²) >= 11 is 18.3. The minimum Gasteiger partial charge on any atom is -0.482 e. The summed E-state index contributed by atoms with van der Waals surface area (Å²) in [7, 11) is 0. The lowest BCUT2D eigenvalue weighted by atomic mass is 10.0. The van der Waals surface area contributed by atoms with Gasteiger partial charge in [0, 0.05) is 29.1 Å². The van der Waals surface area contributed by atoms with E-state index in [1.165, 1.54) is 0 Å². The van der Waals surface area contributed by atoms with Gasteiger partial charge in [0.2, 0.25) is 5.91 Å². The standard InChI is InChI=1S/C28H29Cl3N2O3/c1-3-19(2)32-28(35)25(15-20-7-5-4-6-8-20)33(17-21-9-11-22(29)12-10-21)27(34)18-36-26-14-13-23(30)16-24(26)31/h4-14,16,19,25H,3,15,17-18H2,1-2H3,(H,32,35)/t19-,25+/m0/s1. The number of halogens is 3. The van der Waals surface area contributed by atoms with Crippen molar-refractivity contribution in [3.63, 3.8) is 0 Å². The Balaban J connectivity index is 1.91. The first kappa shape index (κ1) is 27.9. The normalized spacial score (nSPS) is 12.5. The molecule has 0 aliphatic rings. The Labute approximate surface area is 227 Å². The van der Waals surface area contributed by atoms with E-state index in [9.17, 15) is 9.59 Å².